The third-order valence-electron chi connectivity index (χ3n) is 7.19. The van der Waals surface area contributed by atoms with Gasteiger partial charge in [0, 0.05) is 43.5 Å². The topological polar surface area (TPSA) is 141 Å². The predicted molar refractivity (Wildman–Crippen MR) is 154 cm³/mol. The van der Waals surface area contributed by atoms with Gasteiger partial charge < -0.3 is 25.5 Å². The molecule has 0 saturated heterocycles. The number of carboxylic acid groups (broad SMARTS) is 1. The van der Waals surface area contributed by atoms with Crippen LogP contribution in [0.1, 0.15) is 36.9 Å². The van der Waals surface area contributed by atoms with Crippen molar-refractivity contribution in [3.8, 4) is 5.75 Å². The van der Waals surface area contributed by atoms with E-state index in [0.717, 1.165) is 68.4 Å². The zero-order valence-electron chi connectivity index (χ0n) is 23.2. The molecule has 0 aliphatic carbocycles. The molecule has 1 aliphatic rings. The number of H-pyrrole nitrogens is 1. The Morgan fingerprint density at radius 2 is 1.95 bits per heavy atom. The van der Waals surface area contributed by atoms with Crippen LogP contribution in [0.5, 0.6) is 5.75 Å². The highest BCUT2D eigenvalue weighted by Crippen LogP contribution is 2.21. The molecule has 4 N–H and O–H groups in total. The van der Waals surface area contributed by atoms with E-state index in [2.05, 4.69) is 47.6 Å². The molecule has 5 rings (SSSR count). The van der Waals surface area contributed by atoms with Gasteiger partial charge in [0.1, 0.15) is 47.7 Å². The largest absolute Gasteiger partial charge is 0.492 e. The predicted octanol–water partition coefficient (Wildman–Crippen LogP) is 4.04. The number of aliphatic carboxylic acids is 1. The summed E-state index contributed by atoms with van der Waals surface area (Å²) in [4.78, 5) is 34.2. The van der Waals surface area contributed by atoms with Crippen LogP contribution in [0, 0.1) is 11.6 Å². The smallest absolute Gasteiger partial charge is 0.326 e. The summed E-state index contributed by atoms with van der Waals surface area (Å²) in [7, 11) is 0. The Labute approximate surface area is 241 Å². The molecule has 0 unspecified atom stereocenters. The number of ether oxygens (including phenoxy) is 1. The minimum absolute atomic E-state index is 0.108. The van der Waals surface area contributed by atoms with Crippen LogP contribution in [0.15, 0.2) is 43.0 Å². The van der Waals surface area contributed by atoms with Gasteiger partial charge in [0.05, 0.1) is 6.33 Å². The monoisotopic (exact) mass is 580 g/mol. The molecule has 0 saturated carbocycles. The van der Waals surface area contributed by atoms with Crippen molar-refractivity contribution in [1.82, 2.24) is 29.8 Å². The molecule has 1 atom stereocenters. The molecule has 13 heteroatoms. The number of hydrogen-bond donors (Lipinski definition) is 4. The Kier molecular flexibility index (Phi) is 9.70. The Morgan fingerprint density at radius 3 is 2.79 bits per heavy atom. The Balaban J connectivity index is 1.18. The average molecular weight is 581 g/mol. The number of halogens is 2. The lowest BCUT2D eigenvalue weighted by molar-refractivity contribution is -0.138. The molecule has 0 spiro atoms. The van der Waals surface area contributed by atoms with Crippen molar-refractivity contribution in [2.45, 2.75) is 44.6 Å². The highest BCUT2D eigenvalue weighted by Gasteiger charge is 2.21. The van der Waals surface area contributed by atoms with E-state index >= 15 is 0 Å². The number of aromatic nitrogens is 5. The molecule has 0 fully saturated rings. The number of nitrogens with zero attached hydrogens (tertiary/aromatic N) is 5. The van der Waals surface area contributed by atoms with Crippen LogP contribution >= 0.6 is 0 Å². The summed E-state index contributed by atoms with van der Waals surface area (Å²) in [5, 5.41) is 16.3. The number of pyridine rings is 1. The fraction of sp³-hybridized carbons (Fsp3) is 0.414. The van der Waals surface area contributed by atoms with Crippen molar-refractivity contribution in [3.63, 3.8) is 0 Å². The van der Waals surface area contributed by atoms with E-state index < -0.39 is 23.6 Å². The maximum Gasteiger partial charge on any atom is 0.326 e. The molecule has 0 bridgehead atoms. The van der Waals surface area contributed by atoms with Gasteiger partial charge in [-0.05, 0) is 56.7 Å². The van der Waals surface area contributed by atoms with Crippen LogP contribution in [0.4, 0.5) is 20.4 Å². The molecule has 0 amide bonds. The van der Waals surface area contributed by atoms with E-state index in [1.54, 1.807) is 0 Å². The molecule has 1 aliphatic heterocycles. The van der Waals surface area contributed by atoms with Gasteiger partial charge >= 0.3 is 5.97 Å². The fourth-order valence-electron chi connectivity index (χ4n) is 5.00. The standard InChI is InChI=1S/C29H34F2N8O3/c30-20-14-21(31)16-23(15-20)42-13-12-39(10-2-1-5-22-7-6-19-4-3-9-32-26(19)37-22)11-8-24(29(40)41)38-28-25-27(34-17-33-25)35-18-36-28/h6-7,14-18,24H,1-5,8-13H2,(H,32,37)(H,40,41)(H2,33,34,35,36,38)/t24-/m0/s1. The van der Waals surface area contributed by atoms with Crippen LogP contribution in [-0.2, 0) is 17.6 Å². The van der Waals surface area contributed by atoms with Gasteiger partial charge in [-0.1, -0.05) is 6.07 Å². The number of hydrogen-bond acceptors (Lipinski definition) is 9. The third-order valence-corrected chi connectivity index (χ3v) is 7.19. The van der Waals surface area contributed by atoms with Gasteiger partial charge in [0.2, 0.25) is 0 Å². The van der Waals surface area contributed by atoms with Gasteiger partial charge in [-0.3, -0.25) is 4.90 Å². The molecule has 1 aromatic carbocycles. The molecule has 4 heterocycles. The molecular weight excluding hydrogens is 546 g/mol. The number of imidazole rings is 1. The summed E-state index contributed by atoms with van der Waals surface area (Å²) in [5.41, 5.74) is 3.26. The first-order valence-electron chi connectivity index (χ1n) is 14.1. The molecule has 42 heavy (non-hydrogen) atoms. The SMILES string of the molecule is O=C(O)[C@H](CCN(CCCCc1ccc2c(n1)NCCC2)CCOc1cc(F)cc(F)c1)Nc1ncnc2nc[nH]c12. The van der Waals surface area contributed by atoms with E-state index in [1.807, 2.05) is 0 Å². The zero-order valence-corrected chi connectivity index (χ0v) is 23.2. The first kappa shape index (κ1) is 29.1. The zero-order chi connectivity index (χ0) is 29.3. The van der Waals surface area contributed by atoms with Crippen molar-refractivity contribution in [1.29, 1.82) is 0 Å². The summed E-state index contributed by atoms with van der Waals surface area (Å²) in [6.45, 7) is 2.72. The molecular formula is C29H34F2N8O3. The second-order valence-corrected chi connectivity index (χ2v) is 10.2. The molecule has 3 aromatic heterocycles. The highest BCUT2D eigenvalue weighted by molar-refractivity contribution is 5.85. The summed E-state index contributed by atoms with van der Waals surface area (Å²) >= 11 is 0. The minimum Gasteiger partial charge on any atom is -0.492 e. The molecule has 4 aromatic rings. The second-order valence-electron chi connectivity index (χ2n) is 10.2. The third kappa shape index (κ3) is 7.87. The molecule has 11 nitrogen and oxygen atoms in total. The van der Waals surface area contributed by atoms with E-state index in [1.165, 1.54) is 18.2 Å². The van der Waals surface area contributed by atoms with E-state index in [9.17, 15) is 18.7 Å². The summed E-state index contributed by atoms with van der Waals surface area (Å²) in [5.74, 6) is -0.982. The number of rotatable bonds is 15. The number of anilines is 2. The number of carboxylic acids is 1. The first-order valence-corrected chi connectivity index (χ1v) is 14.1. The van der Waals surface area contributed by atoms with Gasteiger partial charge in [0.25, 0.3) is 0 Å². The Morgan fingerprint density at radius 1 is 1.10 bits per heavy atom. The fourth-order valence-corrected chi connectivity index (χ4v) is 5.00. The maximum absolute atomic E-state index is 13.6. The highest BCUT2D eigenvalue weighted by atomic mass is 19.1. The van der Waals surface area contributed by atoms with Crippen LogP contribution in [0.25, 0.3) is 11.2 Å². The van der Waals surface area contributed by atoms with E-state index in [-0.39, 0.29) is 18.8 Å². The molecule has 0 radical (unpaired) electrons. The van der Waals surface area contributed by atoms with Gasteiger partial charge in [-0.2, -0.15) is 0 Å². The normalized spacial score (nSPS) is 13.5. The number of unbranched alkanes of at least 4 members (excludes halogenated alkanes) is 1. The van der Waals surface area contributed by atoms with Gasteiger partial charge in [-0.25, -0.2) is 33.5 Å². The van der Waals surface area contributed by atoms with E-state index in [4.69, 9.17) is 9.72 Å². The number of carbonyl (C=O) groups is 1. The van der Waals surface area contributed by atoms with Crippen molar-refractivity contribution in [2.24, 2.45) is 0 Å². The number of aryl methyl sites for hydroxylation is 2. The summed E-state index contributed by atoms with van der Waals surface area (Å²) in [6, 6.07) is 6.38. The average Bonchev–Trinajstić information content (AvgIpc) is 3.46. The van der Waals surface area contributed by atoms with Crippen LogP contribution in [0.3, 0.4) is 0 Å². The maximum atomic E-state index is 13.6. The Bertz CT molecular complexity index is 1480. The van der Waals surface area contributed by atoms with Crippen molar-refractivity contribution in [2.75, 3.05) is 43.4 Å². The number of nitrogens with one attached hydrogen (secondary N) is 3. The lowest BCUT2D eigenvalue weighted by Crippen LogP contribution is -2.37. The van der Waals surface area contributed by atoms with Crippen LogP contribution < -0.4 is 15.4 Å². The van der Waals surface area contributed by atoms with Crippen molar-refractivity contribution in [3.05, 3.63) is 65.9 Å². The first-order chi connectivity index (χ1) is 20.4. The second kappa shape index (κ2) is 14.0. The number of benzene rings is 1. The van der Waals surface area contributed by atoms with Gasteiger partial charge in [-0.15, -0.1) is 0 Å². The van der Waals surface area contributed by atoms with E-state index in [0.29, 0.717) is 36.6 Å². The number of aromatic amines is 1. The molecule has 222 valence electrons. The lowest BCUT2D eigenvalue weighted by atomic mass is 10.1. The minimum atomic E-state index is -1.01. The van der Waals surface area contributed by atoms with Crippen LogP contribution in [0.2, 0.25) is 0 Å². The van der Waals surface area contributed by atoms with Crippen LogP contribution in [-0.4, -0.2) is 79.7 Å². The van der Waals surface area contributed by atoms with Crippen molar-refractivity contribution < 1.29 is 23.4 Å². The Hall–Kier alpha value is -4.39. The van der Waals surface area contributed by atoms with Gasteiger partial charge in [0.15, 0.2) is 11.5 Å². The number of fused-ring (bicyclic) bond motifs is 2. The summed E-state index contributed by atoms with van der Waals surface area (Å²) < 4.78 is 32.8. The lowest BCUT2D eigenvalue weighted by Gasteiger charge is -2.25. The van der Waals surface area contributed by atoms with Crippen molar-refractivity contribution >= 4 is 28.8 Å². The quantitative estimate of drug-likeness (QED) is 0.152. The summed E-state index contributed by atoms with van der Waals surface area (Å²) in [6.07, 6.45) is 7.83.